The highest BCUT2D eigenvalue weighted by atomic mass is 79.9. The number of nitrogens with one attached hydrogen (secondary N) is 1. The van der Waals surface area contributed by atoms with Crippen LogP contribution in [-0.4, -0.2) is 26.8 Å². The molecule has 0 saturated heterocycles. The van der Waals surface area contributed by atoms with E-state index in [9.17, 15) is 0 Å². The molecule has 0 bridgehead atoms. The summed E-state index contributed by atoms with van der Waals surface area (Å²) in [5, 5.41) is 15.4. The minimum Gasteiger partial charge on any atom is -0.308 e. The fourth-order valence-corrected chi connectivity index (χ4v) is 3.04. The number of nitrogens with zero attached hydrogens (tertiary/aromatic N) is 4. The Morgan fingerprint density at radius 1 is 1.37 bits per heavy atom. The Morgan fingerprint density at radius 3 is 2.74 bits per heavy atom. The SMILES string of the molecule is CCNC(C)c1nnnn1-c1c(C)cc(C)cc1Br. The maximum Gasteiger partial charge on any atom is 0.173 e. The van der Waals surface area contributed by atoms with Gasteiger partial charge in [0.15, 0.2) is 5.82 Å². The summed E-state index contributed by atoms with van der Waals surface area (Å²) in [6.07, 6.45) is 0. The molecule has 19 heavy (non-hydrogen) atoms. The minimum atomic E-state index is 0.104. The van der Waals surface area contributed by atoms with Crippen LogP contribution in [0.1, 0.15) is 36.8 Å². The molecule has 0 aliphatic rings. The second kappa shape index (κ2) is 5.79. The van der Waals surface area contributed by atoms with Gasteiger partial charge < -0.3 is 5.32 Å². The molecule has 1 aromatic carbocycles. The third-order valence-corrected chi connectivity index (χ3v) is 3.61. The van der Waals surface area contributed by atoms with Crippen LogP contribution in [0, 0.1) is 13.8 Å². The third-order valence-electron chi connectivity index (χ3n) is 3.00. The molecule has 1 atom stereocenters. The Morgan fingerprint density at radius 2 is 2.11 bits per heavy atom. The van der Waals surface area contributed by atoms with Gasteiger partial charge in [0.1, 0.15) is 0 Å². The molecule has 1 heterocycles. The fraction of sp³-hybridized carbons (Fsp3) is 0.462. The van der Waals surface area contributed by atoms with Gasteiger partial charge in [-0.15, -0.1) is 5.10 Å². The second-order valence-electron chi connectivity index (χ2n) is 4.64. The number of hydrogen-bond acceptors (Lipinski definition) is 4. The van der Waals surface area contributed by atoms with Crippen LogP contribution < -0.4 is 5.32 Å². The van der Waals surface area contributed by atoms with Gasteiger partial charge in [0.05, 0.1) is 11.7 Å². The number of aryl methyl sites for hydroxylation is 2. The Labute approximate surface area is 121 Å². The van der Waals surface area contributed by atoms with Crippen LogP contribution in [0.15, 0.2) is 16.6 Å². The first-order valence-electron chi connectivity index (χ1n) is 6.33. The zero-order chi connectivity index (χ0) is 14.0. The number of halogens is 1. The monoisotopic (exact) mass is 323 g/mol. The van der Waals surface area contributed by atoms with E-state index in [2.05, 4.69) is 76.6 Å². The van der Waals surface area contributed by atoms with Crippen LogP contribution in [0.4, 0.5) is 0 Å². The number of benzene rings is 1. The van der Waals surface area contributed by atoms with Crippen LogP contribution >= 0.6 is 15.9 Å². The molecule has 1 unspecified atom stereocenters. The van der Waals surface area contributed by atoms with Crippen molar-refractivity contribution in [3.8, 4) is 5.69 Å². The smallest absolute Gasteiger partial charge is 0.173 e. The average Bonchev–Trinajstić information content (AvgIpc) is 2.77. The second-order valence-corrected chi connectivity index (χ2v) is 5.49. The van der Waals surface area contributed by atoms with E-state index < -0.39 is 0 Å². The van der Waals surface area contributed by atoms with E-state index in [0.29, 0.717) is 0 Å². The molecule has 6 heteroatoms. The van der Waals surface area contributed by atoms with Crippen molar-refractivity contribution in [1.82, 2.24) is 25.5 Å². The third kappa shape index (κ3) is 2.84. The Bertz CT molecular complexity index is 555. The molecule has 0 aliphatic heterocycles. The summed E-state index contributed by atoms with van der Waals surface area (Å²) in [6, 6.07) is 4.31. The van der Waals surface area contributed by atoms with Gasteiger partial charge in [-0.25, -0.2) is 0 Å². The lowest BCUT2D eigenvalue weighted by molar-refractivity contribution is 0.550. The first-order chi connectivity index (χ1) is 9.04. The Hall–Kier alpha value is -1.27. The van der Waals surface area contributed by atoms with E-state index >= 15 is 0 Å². The Balaban J connectivity index is 2.52. The average molecular weight is 324 g/mol. The van der Waals surface area contributed by atoms with E-state index in [1.807, 2.05) is 0 Å². The van der Waals surface area contributed by atoms with Gasteiger partial charge in [0.25, 0.3) is 0 Å². The van der Waals surface area contributed by atoms with E-state index in [4.69, 9.17) is 0 Å². The van der Waals surface area contributed by atoms with Crippen molar-refractivity contribution >= 4 is 15.9 Å². The van der Waals surface area contributed by atoms with E-state index in [0.717, 1.165) is 28.1 Å². The van der Waals surface area contributed by atoms with E-state index in [-0.39, 0.29) is 6.04 Å². The van der Waals surface area contributed by atoms with Crippen LogP contribution in [0.3, 0.4) is 0 Å². The number of tetrazole rings is 1. The lowest BCUT2D eigenvalue weighted by Crippen LogP contribution is -2.22. The van der Waals surface area contributed by atoms with Gasteiger partial charge in [0.2, 0.25) is 0 Å². The highest BCUT2D eigenvalue weighted by molar-refractivity contribution is 9.10. The van der Waals surface area contributed by atoms with Crippen molar-refractivity contribution < 1.29 is 0 Å². The highest BCUT2D eigenvalue weighted by Crippen LogP contribution is 2.27. The zero-order valence-corrected chi connectivity index (χ0v) is 13.2. The fourth-order valence-electron chi connectivity index (χ4n) is 2.20. The molecule has 0 spiro atoms. The highest BCUT2D eigenvalue weighted by Gasteiger charge is 2.18. The molecular weight excluding hydrogens is 306 g/mol. The molecule has 0 amide bonds. The van der Waals surface area contributed by atoms with Gasteiger partial charge in [-0.1, -0.05) is 13.0 Å². The summed E-state index contributed by atoms with van der Waals surface area (Å²) < 4.78 is 2.80. The van der Waals surface area contributed by atoms with Crippen molar-refractivity contribution in [3.63, 3.8) is 0 Å². The molecule has 0 radical (unpaired) electrons. The normalized spacial score (nSPS) is 12.7. The summed E-state index contributed by atoms with van der Waals surface area (Å²) >= 11 is 3.60. The summed E-state index contributed by atoms with van der Waals surface area (Å²) in [5.74, 6) is 0.814. The molecule has 1 N–H and O–H groups in total. The number of rotatable bonds is 4. The molecule has 0 aliphatic carbocycles. The number of hydrogen-bond donors (Lipinski definition) is 1. The lowest BCUT2D eigenvalue weighted by Gasteiger charge is -2.15. The van der Waals surface area contributed by atoms with Gasteiger partial charge in [-0.05, 0) is 70.9 Å². The topological polar surface area (TPSA) is 55.6 Å². The maximum atomic E-state index is 4.13. The largest absolute Gasteiger partial charge is 0.308 e. The molecule has 102 valence electrons. The van der Waals surface area contributed by atoms with Crippen molar-refractivity contribution in [2.45, 2.75) is 33.7 Å². The van der Waals surface area contributed by atoms with Gasteiger partial charge in [-0.2, -0.15) is 4.68 Å². The van der Waals surface area contributed by atoms with E-state index in [1.54, 1.807) is 4.68 Å². The van der Waals surface area contributed by atoms with Crippen molar-refractivity contribution in [2.24, 2.45) is 0 Å². The van der Waals surface area contributed by atoms with Crippen LogP contribution in [0.5, 0.6) is 0 Å². The van der Waals surface area contributed by atoms with Gasteiger partial charge >= 0.3 is 0 Å². The first kappa shape index (κ1) is 14.1. The molecule has 2 rings (SSSR count). The summed E-state index contributed by atoms with van der Waals surface area (Å²) in [4.78, 5) is 0. The van der Waals surface area contributed by atoms with Gasteiger partial charge in [-0.3, -0.25) is 0 Å². The molecule has 1 aromatic heterocycles. The summed E-state index contributed by atoms with van der Waals surface area (Å²) in [5.41, 5.74) is 3.35. The lowest BCUT2D eigenvalue weighted by atomic mass is 10.1. The predicted octanol–water partition coefficient (Wildman–Crippen LogP) is 2.71. The van der Waals surface area contributed by atoms with Crippen molar-refractivity contribution in [1.29, 1.82) is 0 Å². The van der Waals surface area contributed by atoms with Crippen molar-refractivity contribution in [2.75, 3.05) is 6.54 Å². The molecule has 0 fully saturated rings. The first-order valence-corrected chi connectivity index (χ1v) is 7.12. The molecule has 0 saturated carbocycles. The maximum absolute atomic E-state index is 4.13. The summed E-state index contributed by atoms with van der Waals surface area (Å²) in [6.45, 7) is 9.14. The van der Waals surface area contributed by atoms with Crippen LogP contribution in [0.2, 0.25) is 0 Å². The Kier molecular flexibility index (Phi) is 4.31. The summed E-state index contributed by atoms with van der Waals surface area (Å²) in [7, 11) is 0. The van der Waals surface area contributed by atoms with Crippen LogP contribution in [0.25, 0.3) is 5.69 Å². The number of aromatic nitrogens is 4. The van der Waals surface area contributed by atoms with Crippen LogP contribution in [-0.2, 0) is 0 Å². The van der Waals surface area contributed by atoms with Crippen molar-refractivity contribution in [3.05, 3.63) is 33.6 Å². The van der Waals surface area contributed by atoms with Gasteiger partial charge in [0, 0.05) is 4.47 Å². The minimum absolute atomic E-state index is 0.104. The zero-order valence-electron chi connectivity index (χ0n) is 11.6. The molecular formula is C13H18BrN5. The predicted molar refractivity (Wildman–Crippen MR) is 78.4 cm³/mol. The standard InChI is InChI=1S/C13H18BrN5/c1-5-15-10(4)13-16-17-18-19(13)12-9(3)6-8(2)7-11(12)14/h6-7,10,15H,5H2,1-4H3. The quantitative estimate of drug-likeness (QED) is 0.939. The molecule has 5 nitrogen and oxygen atoms in total. The van der Waals surface area contributed by atoms with E-state index in [1.165, 1.54) is 5.56 Å². The molecule has 2 aromatic rings.